The number of benzene rings is 1. The van der Waals surface area contributed by atoms with Gasteiger partial charge in [-0.3, -0.25) is 9.59 Å². The Morgan fingerprint density at radius 2 is 1.82 bits per heavy atom. The van der Waals surface area contributed by atoms with Gasteiger partial charge in [0.1, 0.15) is 0 Å². The fraction of sp³-hybridized carbons (Fsp3) is 0.250. The molecule has 0 bridgehead atoms. The summed E-state index contributed by atoms with van der Waals surface area (Å²) in [4.78, 5) is 39.7. The zero-order valence-electron chi connectivity index (χ0n) is 15.9. The Morgan fingerprint density at radius 1 is 1.14 bits per heavy atom. The van der Waals surface area contributed by atoms with Crippen molar-refractivity contribution < 1.29 is 23.5 Å². The summed E-state index contributed by atoms with van der Waals surface area (Å²) in [7, 11) is 0. The van der Waals surface area contributed by atoms with E-state index in [9.17, 15) is 14.4 Å². The number of carbonyl (C=O) groups is 3. The molecule has 2 heterocycles. The highest BCUT2D eigenvalue weighted by Gasteiger charge is 2.26. The fourth-order valence-corrected chi connectivity index (χ4v) is 3.06. The van der Waals surface area contributed by atoms with Crippen LogP contribution in [0.2, 0.25) is 0 Å². The normalized spacial score (nSPS) is 11.9. The zero-order chi connectivity index (χ0) is 20.4. The van der Waals surface area contributed by atoms with Gasteiger partial charge in [0.05, 0.1) is 11.3 Å². The number of ketones is 2. The molecule has 3 aromatic rings. The zero-order valence-corrected chi connectivity index (χ0v) is 15.9. The Balaban J connectivity index is 1.73. The molecule has 28 heavy (non-hydrogen) atoms. The Hall–Kier alpha value is -3.55. The first kappa shape index (κ1) is 19.2. The number of aromatic amines is 1. The molecule has 0 aliphatic carbocycles. The van der Waals surface area contributed by atoms with E-state index in [1.165, 1.54) is 20.2 Å². The minimum absolute atomic E-state index is 0.128. The second-order valence-corrected chi connectivity index (χ2v) is 6.41. The minimum atomic E-state index is -1.01. The Bertz CT molecular complexity index is 1030. The highest BCUT2D eigenvalue weighted by Crippen LogP contribution is 2.21. The number of nitrogens with one attached hydrogen (secondary N) is 1. The first-order chi connectivity index (χ1) is 13.3. The van der Waals surface area contributed by atoms with Crippen LogP contribution in [0.3, 0.4) is 0 Å². The van der Waals surface area contributed by atoms with Crippen molar-refractivity contribution in [3.63, 3.8) is 0 Å². The average Bonchev–Trinajstić information content (AvgIpc) is 3.29. The van der Waals surface area contributed by atoms with Crippen LogP contribution in [0.5, 0.6) is 0 Å². The van der Waals surface area contributed by atoms with Crippen LogP contribution in [0.4, 0.5) is 0 Å². The van der Waals surface area contributed by atoms with Gasteiger partial charge in [0.15, 0.2) is 11.9 Å². The third-order valence-electron chi connectivity index (χ3n) is 4.42. The van der Waals surface area contributed by atoms with Gasteiger partial charge in [0, 0.05) is 16.8 Å². The second kappa shape index (κ2) is 7.59. The quantitative estimate of drug-likeness (QED) is 0.514. The molecule has 1 aromatic carbocycles. The molecule has 0 aliphatic rings. The number of ether oxygens (including phenoxy) is 1. The van der Waals surface area contributed by atoms with E-state index in [4.69, 9.17) is 9.15 Å². The molecular weight excluding hydrogens is 362 g/mol. The lowest BCUT2D eigenvalue weighted by Crippen LogP contribution is -2.25. The van der Waals surface area contributed by atoms with Crippen molar-refractivity contribution in [3.8, 4) is 11.5 Å². The van der Waals surface area contributed by atoms with Crippen LogP contribution in [-0.2, 0) is 4.74 Å². The molecule has 3 rings (SSSR count). The standard InChI is InChI=1S/C20H19N3O5/c1-10-16(12(3)24)11(2)22-17(10)18(25)13(4)28-20(26)15-7-5-14(6-8-15)19-23-21-9-27-19/h5-9,13,22H,1-4H3/t13-/m1/s1. The monoisotopic (exact) mass is 381 g/mol. The predicted octanol–water partition coefficient (Wildman–Crippen LogP) is 3.31. The fourth-order valence-electron chi connectivity index (χ4n) is 3.06. The largest absolute Gasteiger partial charge is 0.451 e. The van der Waals surface area contributed by atoms with Crippen molar-refractivity contribution in [2.45, 2.75) is 33.8 Å². The maximum Gasteiger partial charge on any atom is 0.338 e. The summed E-state index contributed by atoms with van der Waals surface area (Å²) in [5, 5.41) is 7.39. The molecular formula is C20H19N3O5. The Labute approximate surface area is 160 Å². The molecule has 144 valence electrons. The van der Waals surface area contributed by atoms with Crippen molar-refractivity contribution >= 4 is 17.5 Å². The summed E-state index contributed by atoms with van der Waals surface area (Å²) < 4.78 is 10.4. The highest BCUT2D eigenvalue weighted by atomic mass is 16.5. The van der Waals surface area contributed by atoms with E-state index in [1.54, 1.807) is 38.1 Å². The molecule has 2 aromatic heterocycles. The lowest BCUT2D eigenvalue weighted by Gasteiger charge is -2.12. The van der Waals surface area contributed by atoms with E-state index in [0.717, 1.165) is 0 Å². The Kier molecular flexibility index (Phi) is 5.21. The minimum Gasteiger partial charge on any atom is -0.451 e. The van der Waals surface area contributed by atoms with Gasteiger partial charge in [-0.2, -0.15) is 0 Å². The van der Waals surface area contributed by atoms with Gasteiger partial charge in [-0.05, 0) is 57.5 Å². The number of hydrogen-bond acceptors (Lipinski definition) is 7. The molecule has 0 radical (unpaired) electrons. The van der Waals surface area contributed by atoms with Gasteiger partial charge in [0.2, 0.25) is 18.1 Å². The number of H-pyrrole nitrogens is 1. The number of aromatic nitrogens is 3. The summed E-state index contributed by atoms with van der Waals surface area (Å²) in [5.74, 6) is -0.826. The van der Waals surface area contributed by atoms with Gasteiger partial charge >= 0.3 is 5.97 Å². The maximum atomic E-state index is 12.7. The summed E-state index contributed by atoms with van der Waals surface area (Å²) in [6.07, 6.45) is 0.201. The van der Waals surface area contributed by atoms with E-state index < -0.39 is 17.9 Å². The third kappa shape index (κ3) is 3.62. The molecule has 0 saturated carbocycles. The topological polar surface area (TPSA) is 115 Å². The predicted molar refractivity (Wildman–Crippen MR) is 99.2 cm³/mol. The number of carbonyl (C=O) groups excluding carboxylic acids is 3. The van der Waals surface area contributed by atoms with Crippen molar-refractivity contribution in [1.82, 2.24) is 15.2 Å². The van der Waals surface area contributed by atoms with Crippen LogP contribution in [0, 0.1) is 13.8 Å². The number of Topliss-reactive ketones (excluding diaryl/α,β-unsaturated/α-hetero) is 2. The maximum absolute atomic E-state index is 12.7. The Morgan fingerprint density at radius 3 is 2.36 bits per heavy atom. The molecule has 8 nitrogen and oxygen atoms in total. The van der Waals surface area contributed by atoms with Crippen molar-refractivity contribution in [2.24, 2.45) is 0 Å². The number of esters is 1. The second-order valence-electron chi connectivity index (χ2n) is 6.41. The van der Waals surface area contributed by atoms with Crippen molar-refractivity contribution in [3.05, 3.63) is 58.7 Å². The third-order valence-corrected chi connectivity index (χ3v) is 4.42. The first-order valence-corrected chi connectivity index (χ1v) is 8.61. The average molecular weight is 381 g/mol. The first-order valence-electron chi connectivity index (χ1n) is 8.61. The molecule has 0 aliphatic heterocycles. The van der Waals surface area contributed by atoms with Gasteiger partial charge in [-0.25, -0.2) is 4.79 Å². The van der Waals surface area contributed by atoms with E-state index in [2.05, 4.69) is 15.2 Å². The number of rotatable bonds is 6. The van der Waals surface area contributed by atoms with Gasteiger partial charge in [0.25, 0.3) is 0 Å². The van der Waals surface area contributed by atoms with Gasteiger partial charge in [-0.15, -0.1) is 10.2 Å². The van der Waals surface area contributed by atoms with Gasteiger partial charge < -0.3 is 14.1 Å². The van der Waals surface area contributed by atoms with E-state index in [-0.39, 0.29) is 17.0 Å². The van der Waals surface area contributed by atoms with Crippen LogP contribution in [0.1, 0.15) is 56.3 Å². The summed E-state index contributed by atoms with van der Waals surface area (Å²) in [6, 6.07) is 6.40. The van der Waals surface area contributed by atoms with Crippen molar-refractivity contribution in [2.75, 3.05) is 0 Å². The molecule has 8 heteroatoms. The molecule has 0 spiro atoms. The summed E-state index contributed by atoms with van der Waals surface area (Å²) in [6.45, 7) is 6.36. The number of nitrogens with zero attached hydrogens (tertiary/aromatic N) is 2. The molecule has 0 saturated heterocycles. The molecule has 0 unspecified atom stereocenters. The smallest absolute Gasteiger partial charge is 0.338 e. The number of hydrogen-bond donors (Lipinski definition) is 1. The lowest BCUT2D eigenvalue weighted by molar-refractivity contribution is 0.0317. The summed E-state index contributed by atoms with van der Waals surface area (Å²) >= 11 is 0. The van der Waals surface area contributed by atoms with Gasteiger partial charge in [-0.1, -0.05) is 0 Å². The lowest BCUT2D eigenvalue weighted by atomic mass is 10.0. The highest BCUT2D eigenvalue weighted by molar-refractivity contribution is 6.05. The van der Waals surface area contributed by atoms with Crippen molar-refractivity contribution in [1.29, 1.82) is 0 Å². The van der Waals surface area contributed by atoms with Crippen LogP contribution in [-0.4, -0.2) is 38.8 Å². The molecule has 1 N–H and O–H groups in total. The van der Waals surface area contributed by atoms with Crippen LogP contribution in [0.25, 0.3) is 11.5 Å². The SMILES string of the molecule is CC(=O)c1c(C)[nH]c(C(=O)[C@@H](C)OC(=O)c2ccc(-c3nnco3)cc2)c1C. The number of aryl methyl sites for hydroxylation is 1. The van der Waals surface area contributed by atoms with Crippen LogP contribution in [0.15, 0.2) is 35.1 Å². The molecule has 0 amide bonds. The summed E-state index contributed by atoms with van der Waals surface area (Å²) in [5.41, 5.74) is 2.87. The van der Waals surface area contributed by atoms with Crippen LogP contribution < -0.4 is 0 Å². The molecule has 0 fully saturated rings. The molecule has 1 atom stereocenters. The van der Waals surface area contributed by atoms with E-state index in [0.29, 0.717) is 28.3 Å². The van der Waals surface area contributed by atoms with E-state index in [1.807, 2.05) is 0 Å². The van der Waals surface area contributed by atoms with Crippen LogP contribution >= 0.6 is 0 Å². The van der Waals surface area contributed by atoms with E-state index >= 15 is 0 Å².